The number of halogens is 3. The fourth-order valence-electron chi connectivity index (χ4n) is 2.43. The number of rotatable bonds is 2. The van der Waals surface area contributed by atoms with Crippen molar-refractivity contribution in [1.29, 1.82) is 0 Å². The summed E-state index contributed by atoms with van der Waals surface area (Å²) in [5.74, 6) is 0.321. The molecule has 0 spiro atoms. The Labute approximate surface area is 126 Å². The van der Waals surface area contributed by atoms with Gasteiger partial charge >= 0.3 is 0 Å². The Morgan fingerprint density at radius 2 is 2.00 bits per heavy atom. The van der Waals surface area contributed by atoms with Crippen molar-refractivity contribution in [3.63, 3.8) is 0 Å². The Bertz CT molecular complexity index is 675. The van der Waals surface area contributed by atoms with Crippen molar-refractivity contribution in [3.05, 3.63) is 51.8 Å². The monoisotopic (exact) mass is 311 g/mol. The predicted molar refractivity (Wildman–Crippen MR) is 79.0 cm³/mol. The van der Waals surface area contributed by atoms with Crippen molar-refractivity contribution in [1.82, 2.24) is 0 Å². The van der Waals surface area contributed by atoms with Gasteiger partial charge < -0.3 is 10.5 Å². The summed E-state index contributed by atoms with van der Waals surface area (Å²) in [6.45, 7) is 0.388. The maximum absolute atomic E-state index is 13.8. The first-order chi connectivity index (χ1) is 9.58. The summed E-state index contributed by atoms with van der Waals surface area (Å²) in [5, 5.41) is 1.04. The molecule has 1 aliphatic rings. The van der Waals surface area contributed by atoms with E-state index in [9.17, 15) is 4.39 Å². The minimum atomic E-state index is -0.323. The molecular weight excluding hydrogens is 300 g/mol. The number of nitrogens with two attached hydrogens (primary N) is 1. The molecule has 0 amide bonds. The quantitative estimate of drug-likeness (QED) is 0.907. The van der Waals surface area contributed by atoms with Gasteiger partial charge in [0.25, 0.3) is 0 Å². The lowest BCUT2D eigenvalue weighted by Gasteiger charge is -2.12. The third-order valence-corrected chi connectivity index (χ3v) is 3.91. The molecule has 1 heterocycles. The minimum absolute atomic E-state index is 0.122. The Balaban J connectivity index is 2.18. The van der Waals surface area contributed by atoms with Crippen LogP contribution in [0.4, 0.5) is 4.39 Å². The van der Waals surface area contributed by atoms with Crippen LogP contribution in [-0.2, 0) is 6.42 Å². The molecule has 5 heteroatoms. The fraction of sp³-hybridized carbons (Fsp3) is 0.200. The first-order valence-electron chi connectivity index (χ1n) is 6.23. The van der Waals surface area contributed by atoms with Crippen molar-refractivity contribution in [2.24, 2.45) is 5.73 Å². The smallest absolute Gasteiger partial charge is 0.131 e. The second-order valence-electron chi connectivity index (χ2n) is 4.75. The molecule has 2 N–H and O–H groups in total. The molecule has 1 atom stereocenters. The van der Waals surface area contributed by atoms with Gasteiger partial charge in [0.1, 0.15) is 17.7 Å². The van der Waals surface area contributed by atoms with Crippen LogP contribution in [0.3, 0.4) is 0 Å². The number of fused-ring (bicyclic) bond motifs is 1. The molecule has 0 saturated heterocycles. The molecule has 0 fully saturated rings. The summed E-state index contributed by atoms with van der Waals surface area (Å²) in [6.07, 6.45) is 0.484. The zero-order valence-electron chi connectivity index (χ0n) is 10.5. The number of benzene rings is 2. The van der Waals surface area contributed by atoms with Crippen LogP contribution in [0.15, 0.2) is 30.3 Å². The van der Waals surface area contributed by atoms with Crippen LogP contribution >= 0.6 is 23.2 Å². The molecule has 1 aliphatic heterocycles. The molecule has 20 heavy (non-hydrogen) atoms. The van der Waals surface area contributed by atoms with E-state index >= 15 is 0 Å². The van der Waals surface area contributed by atoms with E-state index in [4.69, 9.17) is 33.7 Å². The van der Waals surface area contributed by atoms with Gasteiger partial charge in [0, 0.05) is 39.7 Å². The van der Waals surface area contributed by atoms with Crippen LogP contribution in [0.1, 0.15) is 5.56 Å². The van der Waals surface area contributed by atoms with E-state index in [0.717, 1.165) is 5.56 Å². The van der Waals surface area contributed by atoms with Gasteiger partial charge in [-0.25, -0.2) is 4.39 Å². The summed E-state index contributed by atoms with van der Waals surface area (Å²) in [7, 11) is 0. The highest BCUT2D eigenvalue weighted by Gasteiger charge is 2.26. The molecule has 0 saturated carbocycles. The Morgan fingerprint density at radius 1 is 1.20 bits per heavy atom. The van der Waals surface area contributed by atoms with Crippen LogP contribution in [0.2, 0.25) is 10.0 Å². The molecule has 2 nitrogen and oxygen atoms in total. The lowest BCUT2D eigenvalue weighted by molar-refractivity contribution is 0.242. The van der Waals surface area contributed by atoms with Crippen molar-refractivity contribution in [2.75, 3.05) is 6.54 Å². The molecule has 0 aliphatic carbocycles. The van der Waals surface area contributed by atoms with Gasteiger partial charge in [0.05, 0.1) is 0 Å². The van der Waals surface area contributed by atoms with Crippen LogP contribution in [0, 0.1) is 5.82 Å². The zero-order chi connectivity index (χ0) is 14.3. The molecule has 3 rings (SSSR count). The van der Waals surface area contributed by atoms with E-state index in [1.165, 1.54) is 12.1 Å². The van der Waals surface area contributed by atoms with Gasteiger partial charge in [0.2, 0.25) is 0 Å². The van der Waals surface area contributed by atoms with Gasteiger partial charge in [-0.15, -0.1) is 0 Å². The van der Waals surface area contributed by atoms with E-state index in [1.54, 1.807) is 18.2 Å². The van der Waals surface area contributed by atoms with E-state index < -0.39 is 0 Å². The van der Waals surface area contributed by atoms with Crippen molar-refractivity contribution in [3.8, 4) is 16.9 Å². The number of hydrogen-bond acceptors (Lipinski definition) is 2. The second kappa shape index (κ2) is 5.24. The first-order valence-corrected chi connectivity index (χ1v) is 6.98. The molecular formula is C15H12Cl2FNO. The first kappa shape index (κ1) is 13.7. The van der Waals surface area contributed by atoms with Gasteiger partial charge in [-0.2, -0.15) is 0 Å². The third kappa shape index (κ3) is 2.37. The van der Waals surface area contributed by atoms with Crippen LogP contribution in [-0.4, -0.2) is 12.6 Å². The van der Waals surface area contributed by atoms with Gasteiger partial charge in [-0.3, -0.25) is 0 Å². The summed E-state index contributed by atoms with van der Waals surface area (Å²) in [4.78, 5) is 0. The lowest BCUT2D eigenvalue weighted by Crippen LogP contribution is -2.24. The number of ether oxygens (including phenoxy) is 1. The van der Waals surface area contributed by atoms with Crippen LogP contribution in [0.25, 0.3) is 11.1 Å². The molecule has 0 aromatic heterocycles. The standard InChI is InChI=1S/C15H12Cl2FNO/c16-9-1-2-14(17)12(5-9)13-6-10(18)3-8-4-11(7-19)20-15(8)13/h1-3,5-6,11H,4,7,19H2. The lowest BCUT2D eigenvalue weighted by atomic mass is 10.00. The molecule has 0 bridgehead atoms. The van der Waals surface area contributed by atoms with Crippen LogP contribution in [0.5, 0.6) is 5.75 Å². The van der Waals surface area contributed by atoms with Crippen LogP contribution < -0.4 is 10.5 Å². The Kier molecular flexibility index (Phi) is 3.59. The van der Waals surface area contributed by atoms with Gasteiger partial charge in [0.15, 0.2) is 0 Å². The average Bonchev–Trinajstić information content (AvgIpc) is 2.83. The molecule has 2 aromatic carbocycles. The summed E-state index contributed by atoms with van der Waals surface area (Å²) >= 11 is 12.2. The maximum atomic E-state index is 13.8. The zero-order valence-corrected chi connectivity index (χ0v) is 12.0. The molecule has 1 unspecified atom stereocenters. The van der Waals surface area contributed by atoms with Gasteiger partial charge in [-0.05, 0) is 30.3 Å². The van der Waals surface area contributed by atoms with E-state index in [2.05, 4.69) is 0 Å². The van der Waals surface area contributed by atoms with Crippen molar-refractivity contribution < 1.29 is 9.13 Å². The number of hydrogen-bond donors (Lipinski definition) is 1. The molecule has 104 valence electrons. The van der Waals surface area contributed by atoms with Gasteiger partial charge in [-0.1, -0.05) is 23.2 Å². The predicted octanol–water partition coefficient (Wildman–Crippen LogP) is 4.06. The summed E-state index contributed by atoms with van der Waals surface area (Å²) in [6, 6.07) is 7.97. The van der Waals surface area contributed by atoms with E-state index in [1.807, 2.05) is 0 Å². The highest BCUT2D eigenvalue weighted by molar-refractivity contribution is 6.35. The van der Waals surface area contributed by atoms with Crippen molar-refractivity contribution >= 4 is 23.2 Å². The normalized spacial score (nSPS) is 16.9. The average molecular weight is 312 g/mol. The second-order valence-corrected chi connectivity index (χ2v) is 5.59. The Hall–Kier alpha value is -1.29. The highest BCUT2D eigenvalue weighted by atomic mass is 35.5. The topological polar surface area (TPSA) is 35.2 Å². The Morgan fingerprint density at radius 3 is 2.75 bits per heavy atom. The fourth-order valence-corrected chi connectivity index (χ4v) is 2.82. The van der Waals surface area contributed by atoms with E-state index in [-0.39, 0.29) is 11.9 Å². The summed E-state index contributed by atoms with van der Waals surface area (Å²) < 4.78 is 19.6. The molecule has 2 aromatic rings. The largest absolute Gasteiger partial charge is 0.488 e. The van der Waals surface area contributed by atoms with E-state index in [0.29, 0.717) is 39.9 Å². The molecule has 0 radical (unpaired) electrons. The van der Waals surface area contributed by atoms with Crippen molar-refractivity contribution in [2.45, 2.75) is 12.5 Å². The summed E-state index contributed by atoms with van der Waals surface area (Å²) in [5.41, 5.74) is 7.71. The highest BCUT2D eigenvalue weighted by Crippen LogP contribution is 2.42. The minimum Gasteiger partial charge on any atom is -0.488 e. The third-order valence-electron chi connectivity index (χ3n) is 3.34. The SMILES string of the molecule is NCC1Cc2cc(F)cc(-c3cc(Cl)ccc3Cl)c2O1. The maximum Gasteiger partial charge on any atom is 0.131 e.